The first-order chi connectivity index (χ1) is 10.2. The number of carbonyl (C=O) groups is 1. The van der Waals surface area contributed by atoms with E-state index in [9.17, 15) is 9.90 Å². The van der Waals surface area contributed by atoms with Crippen LogP contribution in [0.5, 0.6) is 0 Å². The second-order valence-electron chi connectivity index (χ2n) is 6.37. The van der Waals surface area contributed by atoms with Crippen LogP contribution in [0.3, 0.4) is 0 Å². The van der Waals surface area contributed by atoms with Crippen molar-refractivity contribution in [3.8, 4) is 0 Å². The fraction of sp³-hybridized carbons (Fsp3) is 0.600. The van der Waals surface area contributed by atoms with E-state index in [1.165, 1.54) is 6.92 Å². The van der Waals surface area contributed by atoms with Gasteiger partial charge in [0.05, 0.1) is 29.2 Å². The molecule has 0 unspecified atom stereocenters. The van der Waals surface area contributed by atoms with E-state index in [1.54, 1.807) is 12.1 Å². The number of aromatic nitrogens is 1. The minimum Gasteiger partial charge on any atom is -0.459 e. The van der Waals surface area contributed by atoms with Gasteiger partial charge in [0, 0.05) is 12.4 Å². The second kappa shape index (κ2) is 5.99. The van der Waals surface area contributed by atoms with Crippen molar-refractivity contribution < 1.29 is 23.9 Å². The molecular formula is C15H22BNO5. The molecule has 0 aliphatic carbocycles. The van der Waals surface area contributed by atoms with Crippen LogP contribution in [0.4, 0.5) is 0 Å². The molecular weight excluding hydrogens is 285 g/mol. The first-order valence-corrected chi connectivity index (χ1v) is 7.25. The Kier molecular flexibility index (Phi) is 4.61. The summed E-state index contributed by atoms with van der Waals surface area (Å²) in [6, 6.07) is 3.50. The second-order valence-corrected chi connectivity index (χ2v) is 6.37. The lowest BCUT2D eigenvalue weighted by Gasteiger charge is -2.32. The first-order valence-electron chi connectivity index (χ1n) is 7.25. The number of hydrogen-bond acceptors (Lipinski definition) is 6. The molecule has 0 aromatic carbocycles. The molecule has 1 aliphatic rings. The van der Waals surface area contributed by atoms with E-state index in [0.29, 0.717) is 16.9 Å². The summed E-state index contributed by atoms with van der Waals surface area (Å²) in [6.07, 6.45) is 0. The zero-order valence-electron chi connectivity index (χ0n) is 13.7. The number of rotatable bonds is 4. The van der Waals surface area contributed by atoms with Crippen molar-refractivity contribution in [3.05, 3.63) is 23.5 Å². The van der Waals surface area contributed by atoms with Gasteiger partial charge in [0.2, 0.25) is 0 Å². The van der Waals surface area contributed by atoms with Gasteiger partial charge >= 0.3 is 13.1 Å². The third-order valence-electron chi connectivity index (χ3n) is 4.15. The fourth-order valence-corrected chi connectivity index (χ4v) is 2.12. The Hall–Kier alpha value is -1.44. The number of pyridine rings is 1. The van der Waals surface area contributed by atoms with Gasteiger partial charge in [0.15, 0.2) is 0 Å². The van der Waals surface area contributed by atoms with Crippen molar-refractivity contribution in [3.63, 3.8) is 0 Å². The number of aliphatic hydroxyl groups excluding tert-OH is 1. The average Bonchev–Trinajstić information content (AvgIpc) is 2.64. The normalized spacial score (nSPS) is 19.3. The number of esters is 1. The summed E-state index contributed by atoms with van der Waals surface area (Å²) in [6.45, 7) is 9.04. The van der Waals surface area contributed by atoms with Crippen LogP contribution in [0.1, 0.15) is 46.0 Å². The minimum atomic E-state index is -0.587. The zero-order valence-corrected chi connectivity index (χ0v) is 13.7. The maximum atomic E-state index is 11.0. The van der Waals surface area contributed by atoms with Gasteiger partial charge in [-0.1, -0.05) is 6.07 Å². The Morgan fingerprint density at radius 1 is 1.27 bits per heavy atom. The van der Waals surface area contributed by atoms with Gasteiger partial charge in [-0.15, -0.1) is 0 Å². The Labute approximate surface area is 130 Å². The first kappa shape index (κ1) is 16.9. The van der Waals surface area contributed by atoms with Gasteiger partial charge in [-0.05, 0) is 33.8 Å². The highest BCUT2D eigenvalue weighted by Gasteiger charge is 2.52. The Bertz CT molecular complexity index is 557. The van der Waals surface area contributed by atoms with Crippen molar-refractivity contribution in [1.29, 1.82) is 0 Å². The number of carbonyl (C=O) groups excluding carboxylic acids is 1. The topological polar surface area (TPSA) is 77.9 Å². The van der Waals surface area contributed by atoms with Crippen LogP contribution in [0.25, 0.3) is 0 Å². The molecule has 0 amide bonds. The van der Waals surface area contributed by atoms with Crippen molar-refractivity contribution in [1.82, 2.24) is 4.98 Å². The molecule has 1 aliphatic heterocycles. The zero-order chi connectivity index (χ0) is 16.5. The smallest absolute Gasteiger partial charge is 0.459 e. The van der Waals surface area contributed by atoms with Crippen LogP contribution in [0.2, 0.25) is 0 Å². The summed E-state index contributed by atoms with van der Waals surface area (Å²) in [5.74, 6) is -0.393. The molecule has 0 saturated carbocycles. The third kappa shape index (κ3) is 3.32. The summed E-state index contributed by atoms with van der Waals surface area (Å²) in [4.78, 5) is 15.4. The Morgan fingerprint density at radius 2 is 1.86 bits per heavy atom. The van der Waals surface area contributed by atoms with E-state index in [4.69, 9.17) is 14.0 Å². The molecule has 1 saturated heterocycles. The van der Waals surface area contributed by atoms with E-state index in [-0.39, 0.29) is 13.2 Å². The fourth-order valence-electron chi connectivity index (χ4n) is 2.12. The van der Waals surface area contributed by atoms with Crippen LogP contribution in [-0.4, -0.2) is 34.4 Å². The number of nitrogens with zero attached hydrogens (tertiary/aromatic N) is 1. The average molecular weight is 307 g/mol. The molecule has 6 nitrogen and oxygen atoms in total. The van der Waals surface area contributed by atoms with Gasteiger partial charge in [-0.25, -0.2) is 0 Å². The molecule has 1 N–H and O–H groups in total. The molecule has 1 aromatic heterocycles. The molecule has 1 fully saturated rings. The predicted octanol–water partition coefficient (Wildman–Crippen LogP) is 0.936. The summed E-state index contributed by atoms with van der Waals surface area (Å²) < 4.78 is 17.0. The molecule has 0 radical (unpaired) electrons. The van der Waals surface area contributed by atoms with Crippen LogP contribution in [-0.2, 0) is 32.1 Å². The summed E-state index contributed by atoms with van der Waals surface area (Å²) in [7, 11) is -0.587. The van der Waals surface area contributed by atoms with E-state index in [1.807, 2.05) is 27.7 Å². The van der Waals surface area contributed by atoms with Crippen molar-refractivity contribution >= 4 is 18.6 Å². The molecule has 7 heteroatoms. The maximum Gasteiger partial charge on any atom is 0.496 e. The summed E-state index contributed by atoms with van der Waals surface area (Å²) >= 11 is 0. The quantitative estimate of drug-likeness (QED) is 0.659. The lowest BCUT2D eigenvalue weighted by atomic mass is 9.77. The van der Waals surface area contributed by atoms with Crippen LogP contribution in [0.15, 0.2) is 12.1 Å². The highest BCUT2D eigenvalue weighted by Crippen LogP contribution is 2.36. The van der Waals surface area contributed by atoms with E-state index < -0.39 is 24.3 Å². The van der Waals surface area contributed by atoms with E-state index in [2.05, 4.69) is 4.98 Å². The van der Waals surface area contributed by atoms with Crippen LogP contribution >= 0.6 is 0 Å². The highest BCUT2D eigenvalue weighted by molar-refractivity contribution is 6.62. The van der Waals surface area contributed by atoms with Gasteiger partial charge in [0.25, 0.3) is 0 Å². The molecule has 1 aromatic rings. The van der Waals surface area contributed by atoms with Crippen LogP contribution < -0.4 is 5.46 Å². The van der Waals surface area contributed by atoms with Crippen molar-refractivity contribution in [2.45, 2.75) is 59.0 Å². The highest BCUT2D eigenvalue weighted by atomic mass is 16.7. The Morgan fingerprint density at radius 3 is 2.36 bits per heavy atom. The molecule has 0 atom stereocenters. The lowest BCUT2D eigenvalue weighted by Crippen LogP contribution is -2.41. The largest absolute Gasteiger partial charge is 0.496 e. The van der Waals surface area contributed by atoms with Gasteiger partial charge < -0.3 is 19.2 Å². The summed E-state index contributed by atoms with van der Waals surface area (Å²) in [5.41, 5.74) is 0.803. The van der Waals surface area contributed by atoms with E-state index in [0.717, 1.165) is 0 Å². The molecule has 0 bridgehead atoms. The third-order valence-corrected chi connectivity index (χ3v) is 4.15. The number of ether oxygens (including phenoxy) is 1. The molecule has 2 heterocycles. The molecule has 0 spiro atoms. The van der Waals surface area contributed by atoms with E-state index >= 15 is 0 Å². The molecule has 22 heavy (non-hydrogen) atoms. The standard InChI is InChI=1S/C15H22BNO5/c1-10(19)20-9-13-12(7-6-11(8-18)17-13)16-21-14(2,3)15(4,5)22-16/h6-7,18H,8-9H2,1-5H3. The van der Waals surface area contributed by atoms with Gasteiger partial charge in [0.1, 0.15) is 6.61 Å². The van der Waals surface area contributed by atoms with Crippen LogP contribution in [0, 0.1) is 0 Å². The molecule has 2 rings (SSSR count). The Balaban J connectivity index is 2.32. The number of hydrogen-bond donors (Lipinski definition) is 1. The SMILES string of the molecule is CC(=O)OCc1nc(CO)ccc1B1OC(C)(C)C(C)(C)O1. The van der Waals surface area contributed by atoms with Gasteiger partial charge in [-0.3, -0.25) is 9.78 Å². The lowest BCUT2D eigenvalue weighted by molar-refractivity contribution is -0.142. The van der Waals surface area contributed by atoms with Crippen molar-refractivity contribution in [2.75, 3.05) is 0 Å². The monoisotopic (exact) mass is 307 g/mol. The minimum absolute atomic E-state index is 0.0165. The van der Waals surface area contributed by atoms with Gasteiger partial charge in [-0.2, -0.15) is 0 Å². The summed E-state index contributed by atoms with van der Waals surface area (Å²) in [5, 5.41) is 9.23. The van der Waals surface area contributed by atoms with Crippen molar-refractivity contribution in [2.24, 2.45) is 0 Å². The maximum absolute atomic E-state index is 11.0. The molecule has 120 valence electrons. The predicted molar refractivity (Wildman–Crippen MR) is 81.3 cm³/mol. The number of aliphatic hydroxyl groups is 1.